The van der Waals surface area contributed by atoms with Crippen LogP contribution in [-0.4, -0.2) is 26.1 Å². The van der Waals surface area contributed by atoms with Gasteiger partial charge in [0.1, 0.15) is 5.75 Å². The molecule has 0 bridgehead atoms. The maximum atomic E-state index is 11.8. The molecule has 0 saturated heterocycles. The van der Waals surface area contributed by atoms with Crippen LogP contribution in [0.5, 0.6) is 5.75 Å². The molecule has 0 aromatic heterocycles. The first-order chi connectivity index (χ1) is 8.70. The third-order valence-electron chi connectivity index (χ3n) is 2.95. The van der Waals surface area contributed by atoms with Gasteiger partial charge in [-0.05, 0) is 25.2 Å². The minimum atomic E-state index is 0. The number of fused-ring (bicyclic) bond motifs is 1. The molecule has 106 valence electrons. The number of carbonyl (C=O) groups is 1. The van der Waals surface area contributed by atoms with Crippen molar-refractivity contribution in [1.82, 2.24) is 10.6 Å². The van der Waals surface area contributed by atoms with E-state index in [2.05, 4.69) is 26.6 Å². The van der Waals surface area contributed by atoms with Crippen molar-refractivity contribution in [2.45, 2.75) is 18.9 Å². The lowest BCUT2D eigenvalue weighted by atomic mass is 10.0. The highest BCUT2D eigenvalue weighted by Crippen LogP contribution is 2.34. The Morgan fingerprint density at radius 2 is 2.32 bits per heavy atom. The molecule has 1 aliphatic heterocycles. The first-order valence-electron chi connectivity index (χ1n) is 6.07. The predicted molar refractivity (Wildman–Crippen MR) is 80.9 cm³/mol. The quantitative estimate of drug-likeness (QED) is 0.878. The predicted octanol–water partition coefficient (Wildman–Crippen LogP) is 2.42. The molecule has 1 aliphatic rings. The van der Waals surface area contributed by atoms with Crippen LogP contribution in [-0.2, 0) is 4.79 Å². The highest BCUT2D eigenvalue weighted by molar-refractivity contribution is 9.10. The van der Waals surface area contributed by atoms with Gasteiger partial charge in [0, 0.05) is 29.4 Å². The molecule has 0 fully saturated rings. The summed E-state index contributed by atoms with van der Waals surface area (Å²) in [6, 6.07) is 5.95. The molecule has 0 spiro atoms. The molecule has 0 aliphatic carbocycles. The van der Waals surface area contributed by atoms with Crippen molar-refractivity contribution in [1.29, 1.82) is 0 Å². The highest BCUT2D eigenvalue weighted by Gasteiger charge is 2.22. The van der Waals surface area contributed by atoms with E-state index in [1.54, 1.807) is 0 Å². The second-order valence-electron chi connectivity index (χ2n) is 4.29. The molecule has 1 aromatic rings. The Hall–Kier alpha value is -0.780. The van der Waals surface area contributed by atoms with Crippen molar-refractivity contribution < 1.29 is 9.53 Å². The lowest BCUT2D eigenvalue weighted by molar-refractivity contribution is -0.121. The number of benzene rings is 1. The van der Waals surface area contributed by atoms with E-state index in [-0.39, 0.29) is 24.4 Å². The number of ether oxygens (including phenoxy) is 1. The van der Waals surface area contributed by atoms with Gasteiger partial charge in [-0.2, -0.15) is 0 Å². The number of halogens is 2. The van der Waals surface area contributed by atoms with E-state index < -0.39 is 0 Å². The molecule has 19 heavy (non-hydrogen) atoms. The number of amides is 1. The largest absolute Gasteiger partial charge is 0.493 e. The summed E-state index contributed by atoms with van der Waals surface area (Å²) in [6.45, 7) is 1.34. The Morgan fingerprint density at radius 3 is 3.05 bits per heavy atom. The third kappa shape index (κ3) is 4.37. The Labute approximate surface area is 127 Å². The third-order valence-corrected chi connectivity index (χ3v) is 3.44. The summed E-state index contributed by atoms with van der Waals surface area (Å²) in [4.78, 5) is 11.8. The fourth-order valence-corrected chi connectivity index (χ4v) is 2.40. The summed E-state index contributed by atoms with van der Waals surface area (Å²) in [5.41, 5.74) is 1.05. The minimum absolute atomic E-state index is 0. The van der Waals surface area contributed by atoms with Crippen molar-refractivity contribution >= 4 is 34.2 Å². The van der Waals surface area contributed by atoms with Crippen molar-refractivity contribution in [3.05, 3.63) is 28.2 Å². The highest BCUT2D eigenvalue weighted by atomic mass is 79.9. The summed E-state index contributed by atoms with van der Waals surface area (Å²) in [6.07, 6.45) is 1.31. The van der Waals surface area contributed by atoms with Crippen molar-refractivity contribution in [2.24, 2.45) is 0 Å². The standard InChI is InChI=1S/C13H17BrN2O2.ClH/c1-15-6-4-13(17)16-11-5-7-18-12-3-2-9(14)8-10(11)12;/h2-3,8,11,15H,4-7H2,1H3,(H,16,17);1H. The van der Waals surface area contributed by atoms with Gasteiger partial charge < -0.3 is 15.4 Å². The average molecular weight is 350 g/mol. The molecule has 6 heteroatoms. The van der Waals surface area contributed by atoms with Gasteiger partial charge in [0.25, 0.3) is 0 Å². The lowest BCUT2D eigenvalue weighted by Gasteiger charge is -2.27. The molecule has 4 nitrogen and oxygen atoms in total. The van der Waals surface area contributed by atoms with Gasteiger partial charge in [-0.25, -0.2) is 0 Å². The van der Waals surface area contributed by atoms with E-state index in [0.29, 0.717) is 19.6 Å². The SMILES string of the molecule is CNCCC(=O)NC1CCOc2ccc(Br)cc21.Cl. The van der Waals surface area contributed by atoms with Crippen molar-refractivity contribution in [3.63, 3.8) is 0 Å². The number of hydrogen-bond donors (Lipinski definition) is 2. The fourth-order valence-electron chi connectivity index (χ4n) is 2.02. The monoisotopic (exact) mass is 348 g/mol. The number of carbonyl (C=O) groups excluding carboxylic acids is 1. The van der Waals surface area contributed by atoms with Crippen LogP contribution in [0.25, 0.3) is 0 Å². The molecule has 1 aromatic carbocycles. The summed E-state index contributed by atoms with van der Waals surface area (Å²) in [5.74, 6) is 0.936. The average Bonchev–Trinajstić information content (AvgIpc) is 2.37. The molecule has 2 N–H and O–H groups in total. The fraction of sp³-hybridized carbons (Fsp3) is 0.462. The number of hydrogen-bond acceptors (Lipinski definition) is 3. The van der Waals surface area contributed by atoms with E-state index in [0.717, 1.165) is 22.2 Å². The number of rotatable bonds is 4. The van der Waals surface area contributed by atoms with Crippen LogP contribution >= 0.6 is 28.3 Å². The van der Waals surface area contributed by atoms with Gasteiger partial charge in [0.2, 0.25) is 5.91 Å². The zero-order valence-corrected chi connectivity index (χ0v) is 13.1. The van der Waals surface area contributed by atoms with Gasteiger partial charge in [-0.3, -0.25) is 4.79 Å². The minimum Gasteiger partial charge on any atom is -0.493 e. The smallest absolute Gasteiger partial charge is 0.221 e. The van der Waals surface area contributed by atoms with Gasteiger partial charge in [-0.1, -0.05) is 15.9 Å². The molecule has 0 radical (unpaired) electrons. The Kier molecular flexibility index (Phi) is 6.62. The van der Waals surface area contributed by atoms with E-state index in [4.69, 9.17) is 4.74 Å². The normalized spacial score (nSPS) is 16.8. The topological polar surface area (TPSA) is 50.4 Å². The second-order valence-corrected chi connectivity index (χ2v) is 5.21. The molecule has 1 heterocycles. The van der Waals surface area contributed by atoms with Gasteiger partial charge in [0.15, 0.2) is 0 Å². The first kappa shape index (κ1) is 16.3. The molecule has 0 saturated carbocycles. The Bertz CT molecular complexity index is 443. The van der Waals surface area contributed by atoms with E-state index in [1.807, 2.05) is 25.2 Å². The van der Waals surface area contributed by atoms with Crippen LogP contribution in [0.2, 0.25) is 0 Å². The molecular weight excluding hydrogens is 332 g/mol. The van der Waals surface area contributed by atoms with Crippen molar-refractivity contribution in [2.75, 3.05) is 20.2 Å². The van der Waals surface area contributed by atoms with Crippen molar-refractivity contribution in [3.8, 4) is 5.75 Å². The van der Waals surface area contributed by atoms with Gasteiger partial charge >= 0.3 is 0 Å². The van der Waals surface area contributed by atoms with Crippen LogP contribution in [0.15, 0.2) is 22.7 Å². The lowest BCUT2D eigenvalue weighted by Crippen LogP contribution is -2.33. The molecule has 2 rings (SSSR count). The zero-order chi connectivity index (χ0) is 13.0. The van der Waals surface area contributed by atoms with E-state index >= 15 is 0 Å². The Balaban J connectivity index is 0.00000180. The van der Waals surface area contributed by atoms with Crippen LogP contribution in [0.1, 0.15) is 24.4 Å². The summed E-state index contributed by atoms with van der Waals surface area (Å²) in [7, 11) is 1.84. The van der Waals surface area contributed by atoms with E-state index in [1.165, 1.54) is 0 Å². The number of nitrogens with one attached hydrogen (secondary N) is 2. The van der Waals surface area contributed by atoms with Crippen LogP contribution in [0.3, 0.4) is 0 Å². The second kappa shape index (κ2) is 7.72. The molecular formula is C13H18BrClN2O2. The summed E-state index contributed by atoms with van der Waals surface area (Å²) in [5, 5.41) is 6.03. The van der Waals surface area contributed by atoms with Crippen LogP contribution < -0.4 is 15.4 Å². The van der Waals surface area contributed by atoms with Crippen LogP contribution in [0, 0.1) is 0 Å². The summed E-state index contributed by atoms with van der Waals surface area (Å²) >= 11 is 3.45. The summed E-state index contributed by atoms with van der Waals surface area (Å²) < 4.78 is 6.59. The van der Waals surface area contributed by atoms with Gasteiger partial charge in [-0.15, -0.1) is 12.4 Å². The van der Waals surface area contributed by atoms with E-state index in [9.17, 15) is 4.79 Å². The van der Waals surface area contributed by atoms with Gasteiger partial charge in [0.05, 0.1) is 12.6 Å². The molecule has 1 unspecified atom stereocenters. The zero-order valence-electron chi connectivity index (χ0n) is 10.7. The Morgan fingerprint density at radius 1 is 1.53 bits per heavy atom. The van der Waals surface area contributed by atoms with Crippen LogP contribution in [0.4, 0.5) is 0 Å². The maximum absolute atomic E-state index is 11.8. The molecule has 1 atom stereocenters. The first-order valence-corrected chi connectivity index (χ1v) is 6.86. The maximum Gasteiger partial charge on any atom is 0.221 e. The molecule has 1 amide bonds.